The van der Waals surface area contributed by atoms with Gasteiger partial charge in [-0.15, -0.1) is 0 Å². The Morgan fingerprint density at radius 1 is 0.905 bits per heavy atom. The molecule has 0 atom stereocenters. The Balaban J connectivity index is 2.07. The van der Waals surface area contributed by atoms with Gasteiger partial charge < -0.3 is 0 Å². The SMILES string of the molecule is CCCCCCCCCCCCc1cc(Br)ccc1C#N. The molecular formula is C19H28BrN. The molecule has 1 aromatic carbocycles. The maximum Gasteiger partial charge on any atom is 0.0994 e. The second-order valence-corrected chi connectivity index (χ2v) is 6.76. The van der Waals surface area contributed by atoms with E-state index in [-0.39, 0.29) is 0 Å². The van der Waals surface area contributed by atoms with Crippen molar-refractivity contribution < 1.29 is 0 Å². The summed E-state index contributed by atoms with van der Waals surface area (Å²) in [6.45, 7) is 2.27. The van der Waals surface area contributed by atoms with Gasteiger partial charge in [0, 0.05) is 4.47 Å². The molecule has 116 valence electrons. The Kier molecular flexibility index (Phi) is 10.3. The van der Waals surface area contributed by atoms with Gasteiger partial charge in [0.1, 0.15) is 0 Å². The van der Waals surface area contributed by atoms with Gasteiger partial charge in [-0.25, -0.2) is 0 Å². The highest BCUT2D eigenvalue weighted by Gasteiger charge is 2.02. The van der Waals surface area contributed by atoms with Crippen LogP contribution in [0.15, 0.2) is 22.7 Å². The third-order valence-corrected chi connectivity index (χ3v) is 4.48. The van der Waals surface area contributed by atoms with E-state index in [4.69, 9.17) is 5.26 Å². The molecule has 0 amide bonds. The van der Waals surface area contributed by atoms with E-state index in [1.54, 1.807) is 0 Å². The smallest absolute Gasteiger partial charge is 0.0994 e. The third-order valence-electron chi connectivity index (χ3n) is 3.99. The molecular weight excluding hydrogens is 322 g/mol. The van der Waals surface area contributed by atoms with Crippen LogP contribution in [0.2, 0.25) is 0 Å². The second-order valence-electron chi connectivity index (χ2n) is 5.85. The average molecular weight is 350 g/mol. The monoisotopic (exact) mass is 349 g/mol. The van der Waals surface area contributed by atoms with Crippen LogP contribution in [0.3, 0.4) is 0 Å². The Bertz CT molecular complexity index is 434. The number of halogens is 1. The molecule has 0 aliphatic heterocycles. The Hall–Kier alpha value is -0.810. The molecule has 1 aromatic rings. The third kappa shape index (κ3) is 8.27. The van der Waals surface area contributed by atoms with Crippen LogP contribution in [0, 0.1) is 11.3 Å². The van der Waals surface area contributed by atoms with Crippen LogP contribution < -0.4 is 0 Å². The van der Waals surface area contributed by atoms with Crippen molar-refractivity contribution in [2.45, 2.75) is 77.6 Å². The molecule has 0 saturated heterocycles. The zero-order valence-corrected chi connectivity index (χ0v) is 14.9. The van der Waals surface area contributed by atoms with Gasteiger partial charge in [0.05, 0.1) is 11.6 Å². The van der Waals surface area contributed by atoms with Crippen molar-refractivity contribution in [1.82, 2.24) is 0 Å². The van der Waals surface area contributed by atoms with Gasteiger partial charge in [0.25, 0.3) is 0 Å². The maximum atomic E-state index is 9.11. The van der Waals surface area contributed by atoms with Gasteiger partial charge in [0.2, 0.25) is 0 Å². The molecule has 0 unspecified atom stereocenters. The summed E-state index contributed by atoms with van der Waals surface area (Å²) in [5.74, 6) is 0. The summed E-state index contributed by atoms with van der Waals surface area (Å²) in [7, 11) is 0. The molecule has 1 nitrogen and oxygen atoms in total. The van der Waals surface area contributed by atoms with Gasteiger partial charge in [0.15, 0.2) is 0 Å². The van der Waals surface area contributed by atoms with E-state index in [0.717, 1.165) is 16.5 Å². The molecule has 0 N–H and O–H groups in total. The van der Waals surface area contributed by atoms with E-state index >= 15 is 0 Å². The summed E-state index contributed by atoms with van der Waals surface area (Å²) in [5, 5.41) is 9.11. The maximum absolute atomic E-state index is 9.11. The summed E-state index contributed by atoms with van der Waals surface area (Å²) in [5.41, 5.74) is 2.01. The van der Waals surface area contributed by atoms with Gasteiger partial charge in [-0.2, -0.15) is 5.26 Å². The van der Waals surface area contributed by atoms with Crippen molar-refractivity contribution in [2.75, 3.05) is 0 Å². The zero-order chi connectivity index (χ0) is 15.3. The lowest BCUT2D eigenvalue weighted by Gasteiger charge is -2.05. The lowest BCUT2D eigenvalue weighted by atomic mass is 10.0. The Labute approximate surface area is 138 Å². The number of benzene rings is 1. The van der Waals surface area contributed by atoms with Crippen LogP contribution >= 0.6 is 15.9 Å². The minimum atomic E-state index is 0.828. The van der Waals surface area contributed by atoms with E-state index in [1.807, 2.05) is 12.1 Å². The quantitative estimate of drug-likeness (QED) is 0.403. The van der Waals surface area contributed by atoms with Crippen LogP contribution in [-0.2, 0) is 6.42 Å². The summed E-state index contributed by atoms with van der Waals surface area (Å²) >= 11 is 3.49. The van der Waals surface area contributed by atoms with Crippen molar-refractivity contribution >= 4 is 15.9 Å². The molecule has 1 rings (SSSR count). The number of rotatable bonds is 11. The zero-order valence-electron chi connectivity index (χ0n) is 13.3. The number of unbranched alkanes of at least 4 members (excludes halogenated alkanes) is 9. The predicted molar refractivity (Wildman–Crippen MR) is 94.4 cm³/mol. The number of hydrogen-bond donors (Lipinski definition) is 0. The van der Waals surface area contributed by atoms with E-state index < -0.39 is 0 Å². The second kappa shape index (κ2) is 11.8. The van der Waals surface area contributed by atoms with Crippen LogP contribution in [-0.4, -0.2) is 0 Å². The van der Waals surface area contributed by atoms with E-state index in [1.165, 1.54) is 69.8 Å². The van der Waals surface area contributed by atoms with Crippen molar-refractivity contribution in [3.63, 3.8) is 0 Å². The first kappa shape index (κ1) is 18.2. The first-order chi connectivity index (χ1) is 10.3. The van der Waals surface area contributed by atoms with E-state index in [0.29, 0.717) is 0 Å². The lowest BCUT2D eigenvalue weighted by molar-refractivity contribution is 0.556. The highest BCUT2D eigenvalue weighted by atomic mass is 79.9. The lowest BCUT2D eigenvalue weighted by Crippen LogP contribution is -1.91. The summed E-state index contributed by atoms with van der Waals surface area (Å²) in [6, 6.07) is 8.23. The van der Waals surface area contributed by atoms with Crippen LogP contribution in [0.1, 0.15) is 82.3 Å². The fourth-order valence-electron chi connectivity index (χ4n) is 2.68. The molecule has 0 spiro atoms. The summed E-state index contributed by atoms with van der Waals surface area (Å²) in [4.78, 5) is 0. The molecule has 0 aliphatic rings. The topological polar surface area (TPSA) is 23.8 Å². The van der Waals surface area contributed by atoms with Gasteiger partial charge in [-0.05, 0) is 36.6 Å². The van der Waals surface area contributed by atoms with Gasteiger partial charge in [-0.1, -0.05) is 80.6 Å². The molecule has 0 saturated carbocycles. The van der Waals surface area contributed by atoms with Crippen LogP contribution in [0.4, 0.5) is 0 Å². The fourth-order valence-corrected chi connectivity index (χ4v) is 3.09. The average Bonchev–Trinajstić information content (AvgIpc) is 2.49. The highest BCUT2D eigenvalue weighted by Crippen LogP contribution is 2.19. The van der Waals surface area contributed by atoms with E-state index in [2.05, 4.69) is 35.0 Å². The highest BCUT2D eigenvalue weighted by molar-refractivity contribution is 9.10. The molecule has 0 heterocycles. The largest absolute Gasteiger partial charge is 0.192 e. The molecule has 0 aliphatic carbocycles. The summed E-state index contributed by atoms with van der Waals surface area (Å²) < 4.78 is 1.07. The number of nitrogens with zero attached hydrogens (tertiary/aromatic N) is 1. The van der Waals surface area contributed by atoms with Crippen LogP contribution in [0.25, 0.3) is 0 Å². The molecule has 0 fully saturated rings. The van der Waals surface area contributed by atoms with E-state index in [9.17, 15) is 0 Å². The minimum Gasteiger partial charge on any atom is -0.192 e. The van der Waals surface area contributed by atoms with Crippen molar-refractivity contribution in [1.29, 1.82) is 5.26 Å². The number of hydrogen-bond acceptors (Lipinski definition) is 1. The number of nitriles is 1. The van der Waals surface area contributed by atoms with Gasteiger partial charge >= 0.3 is 0 Å². The first-order valence-electron chi connectivity index (χ1n) is 8.46. The number of aryl methyl sites for hydroxylation is 1. The molecule has 0 aromatic heterocycles. The van der Waals surface area contributed by atoms with Crippen molar-refractivity contribution in [2.24, 2.45) is 0 Å². The molecule has 21 heavy (non-hydrogen) atoms. The molecule has 2 heteroatoms. The summed E-state index contributed by atoms with van der Waals surface area (Å²) in [6.07, 6.45) is 14.6. The molecule has 0 radical (unpaired) electrons. The Morgan fingerprint density at radius 2 is 1.48 bits per heavy atom. The Morgan fingerprint density at radius 3 is 2.05 bits per heavy atom. The predicted octanol–water partition coefficient (Wildman–Crippen LogP) is 6.78. The standard InChI is InChI=1S/C19H28BrN/c1-2-3-4-5-6-7-8-9-10-11-12-17-15-19(20)14-13-18(17)16-21/h13-15H,2-12H2,1H3. The van der Waals surface area contributed by atoms with Gasteiger partial charge in [-0.3, -0.25) is 0 Å². The normalized spacial score (nSPS) is 10.5. The van der Waals surface area contributed by atoms with Crippen LogP contribution in [0.5, 0.6) is 0 Å². The fraction of sp³-hybridized carbons (Fsp3) is 0.632. The molecule has 0 bridgehead atoms. The van der Waals surface area contributed by atoms with Crippen molar-refractivity contribution in [3.8, 4) is 6.07 Å². The van der Waals surface area contributed by atoms with Crippen molar-refractivity contribution in [3.05, 3.63) is 33.8 Å². The first-order valence-corrected chi connectivity index (χ1v) is 9.25. The minimum absolute atomic E-state index is 0.828.